The van der Waals surface area contributed by atoms with Crippen LogP contribution in [0.3, 0.4) is 0 Å². The zero-order chi connectivity index (χ0) is 13.0. The number of benzene rings is 1. The van der Waals surface area contributed by atoms with Gasteiger partial charge < -0.3 is 9.47 Å². The van der Waals surface area contributed by atoms with E-state index in [0.717, 1.165) is 16.3 Å². The summed E-state index contributed by atoms with van der Waals surface area (Å²) < 4.78 is 10.2. The van der Waals surface area contributed by atoms with Crippen LogP contribution in [-0.4, -0.2) is 18.1 Å². The van der Waals surface area contributed by atoms with Gasteiger partial charge in [0.1, 0.15) is 12.4 Å². The molecule has 0 aliphatic carbocycles. The molecule has 1 heterocycles. The minimum absolute atomic E-state index is 0.236. The smallest absolute Gasteiger partial charge is 0.358 e. The maximum absolute atomic E-state index is 11.7. The van der Waals surface area contributed by atoms with Crippen molar-refractivity contribution in [1.29, 1.82) is 0 Å². The Morgan fingerprint density at radius 1 is 1.33 bits per heavy atom. The molecular formula is C13H13NO3S. The molecule has 94 valence electrons. The molecule has 0 N–H and O–H groups in total. The Hall–Kier alpha value is -1.88. The van der Waals surface area contributed by atoms with E-state index in [1.165, 1.54) is 11.3 Å². The molecule has 0 spiro atoms. The molecule has 2 aromatic rings. The van der Waals surface area contributed by atoms with Gasteiger partial charge in [-0.3, -0.25) is 0 Å². The summed E-state index contributed by atoms with van der Waals surface area (Å²) in [4.78, 5) is 15.7. The summed E-state index contributed by atoms with van der Waals surface area (Å²) in [5.74, 6) is 0.385. The molecule has 0 saturated heterocycles. The van der Waals surface area contributed by atoms with E-state index in [0.29, 0.717) is 5.69 Å². The number of methoxy groups -OCH3 is 1. The first kappa shape index (κ1) is 12.6. The highest BCUT2D eigenvalue weighted by Gasteiger charge is 2.10. The molecule has 1 aromatic carbocycles. The van der Waals surface area contributed by atoms with Gasteiger partial charge in [0.2, 0.25) is 0 Å². The van der Waals surface area contributed by atoms with Crippen molar-refractivity contribution in [2.45, 2.75) is 13.5 Å². The topological polar surface area (TPSA) is 48.4 Å². The second-order valence-electron chi connectivity index (χ2n) is 3.68. The van der Waals surface area contributed by atoms with Crippen LogP contribution in [0.2, 0.25) is 0 Å². The van der Waals surface area contributed by atoms with E-state index in [2.05, 4.69) is 4.98 Å². The van der Waals surface area contributed by atoms with Crippen molar-refractivity contribution >= 4 is 17.3 Å². The maximum Gasteiger partial charge on any atom is 0.358 e. The summed E-state index contributed by atoms with van der Waals surface area (Å²) in [5, 5.41) is 2.55. The normalized spacial score (nSPS) is 10.1. The standard InChI is InChI=1S/C13H13NO3S/c1-9-14-12(8-18-9)13(15)17-7-10-3-5-11(16-2)6-4-10/h3-6,8H,7H2,1-2H3. The van der Waals surface area contributed by atoms with Crippen molar-refractivity contribution in [1.82, 2.24) is 4.98 Å². The number of hydrogen-bond donors (Lipinski definition) is 0. The van der Waals surface area contributed by atoms with E-state index in [1.54, 1.807) is 12.5 Å². The van der Waals surface area contributed by atoms with E-state index in [4.69, 9.17) is 9.47 Å². The number of carbonyl (C=O) groups excluding carboxylic acids is 1. The van der Waals surface area contributed by atoms with Crippen molar-refractivity contribution in [3.63, 3.8) is 0 Å². The Kier molecular flexibility index (Phi) is 3.94. The number of thiazole rings is 1. The van der Waals surface area contributed by atoms with E-state index in [9.17, 15) is 4.79 Å². The van der Waals surface area contributed by atoms with Gasteiger partial charge in [-0.05, 0) is 24.6 Å². The number of carbonyl (C=O) groups is 1. The minimum atomic E-state index is -0.393. The van der Waals surface area contributed by atoms with Crippen LogP contribution in [0.25, 0.3) is 0 Å². The fourth-order valence-corrected chi connectivity index (χ4v) is 1.98. The minimum Gasteiger partial charge on any atom is -0.497 e. The van der Waals surface area contributed by atoms with Gasteiger partial charge in [-0.25, -0.2) is 9.78 Å². The molecule has 0 aliphatic rings. The van der Waals surface area contributed by atoms with Crippen LogP contribution in [0.5, 0.6) is 5.75 Å². The lowest BCUT2D eigenvalue weighted by molar-refractivity contribution is 0.0466. The fourth-order valence-electron chi connectivity index (χ4n) is 1.40. The van der Waals surface area contributed by atoms with Crippen molar-refractivity contribution in [2.75, 3.05) is 7.11 Å². The molecule has 0 saturated carbocycles. The van der Waals surface area contributed by atoms with E-state index < -0.39 is 5.97 Å². The van der Waals surface area contributed by atoms with E-state index in [1.807, 2.05) is 31.2 Å². The third kappa shape index (κ3) is 3.07. The second-order valence-corrected chi connectivity index (χ2v) is 4.74. The Labute approximate surface area is 109 Å². The van der Waals surface area contributed by atoms with Crippen LogP contribution >= 0.6 is 11.3 Å². The van der Waals surface area contributed by atoms with Gasteiger partial charge >= 0.3 is 5.97 Å². The first-order valence-corrected chi connectivity index (χ1v) is 6.29. The number of rotatable bonds is 4. The Morgan fingerprint density at radius 2 is 2.06 bits per heavy atom. The SMILES string of the molecule is COc1ccc(COC(=O)c2csc(C)n2)cc1. The number of aryl methyl sites for hydroxylation is 1. The zero-order valence-electron chi connectivity index (χ0n) is 10.2. The lowest BCUT2D eigenvalue weighted by Gasteiger charge is -2.04. The molecule has 5 heteroatoms. The highest BCUT2D eigenvalue weighted by atomic mass is 32.1. The Balaban J connectivity index is 1.92. The van der Waals surface area contributed by atoms with Crippen LogP contribution in [0.1, 0.15) is 21.1 Å². The third-order valence-corrected chi connectivity index (χ3v) is 3.13. The number of ether oxygens (including phenoxy) is 2. The summed E-state index contributed by atoms with van der Waals surface area (Å²) in [6, 6.07) is 7.38. The zero-order valence-corrected chi connectivity index (χ0v) is 11.0. The predicted molar refractivity (Wildman–Crippen MR) is 69.0 cm³/mol. The molecule has 0 aliphatic heterocycles. The first-order chi connectivity index (χ1) is 8.69. The van der Waals surface area contributed by atoms with Crippen LogP contribution in [0, 0.1) is 6.92 Å². The summed E-state index contributed by atoms with van der Waals surface area (Å²) >= 11 is 1.43. The molecule has 0 unspecified atom stereocenters. The average molecular weight is 263 g/mol. The maximum atomic E-state index is 11.7. The summed E-state index contributed by atoms with van der Waals surface area (Å²) in [5.41, 5.74) is 1.28. The molecule has 0 bridgehead atoms. The molecule has 2 rings (SSSR count). The lowest BCUT2D eigenvalue weighted by Crippen LogP contribution is -2.05. The van der Waals surface area contributed by atoms with Crippen molar-refractivity contribution in [3.8, 4) is 5.75 Å². The second kappa shape index (κ2) is 5.64. The van der Waals surface area contributed by atoms with Crippen molar-refractivity contribution in [3.05, 3.63) is 45.9 Å². The number of hydrogen-bond acceptors (Lipinski definition) is 5. The summed E-state index contributed by atoms with van der Waals surface area (Å²) in [7, 11) is 1.61. The van der Waals surface area contributed by atoms with Crippen LogP contribution in [-0.2, 0) is 11.3 Å². The lowest BCUT2D eigenvalue weighted by atomic mass is 10.2. The van der Waals surface area contributed by atoms with Gasteiger partial charge in [0.05, 0.1) is 12.1 Å². The quantitative estimate of drug-likeness (QED) is 0.796. The van der Waals surface area contributed by atoms with Gasteiger partial charge in [0.25, 0.3) is 0 Å². The largest absolute Gasteiger partial charge is 0.497 e. The summed E-state index contributed by atoms with van der Waals surface area (Å²) in [6.07, 6.45) is 0. The van der Waals surface area contributed by atoms with Gasteiger partial charge in [0, 0.05) is 5.38 Å². The average Bonchev–Trinajstić information content (AvgIpc) is 2.83. The van der Waals surface area contributed by atoms with Crippen LogP contribution in [0.4, 0.5) is 0 Å². The third-order valence-electron chi connectivity index (χ3n) is 2.36. The molecule has 0 atom stereocenters. The van der Waals surface area contributed by atoms with E-state index >= 15 is 0 Å². The van der Waals surface area contributed by atoms with E-state index in [-0.39, 0.29) is 6.61 Å². The molecular weight excluding hydrogens is 250 g/mol. The van der Waals surface area contributed by atoms with Gasteiger partial charge in [-0.1, -0.05) is 12.1 Å². The van der Waals surface area contributed by atoms with Gasteiger partial charge in [-0.15, -0.1) is 11.3 Å². The number of esters is 1. The monoisotopic (exact) mass is 263 g/mol. The number of nitrogens with zero attached hydrogens (tertiary/aromatic N) is 1. The highest BCUT2D eigenvalue weighted by Crippen LogP contribution is 2.13. The van der Waals surface area contributed by atoms with Crippen LogP contribution in [0.15, 0.2) is 29.6 Å². The van der Waals surface area contributed by atoms with Crippen molar-refractivity contribution < 1.29 is 14.3 Å². The molecule has 18 heavy (non-hydrogen) atoms. The van der Waals surface area contributed by atoms with Gasteiger partial charge in [-0.2, -0.15) is 0 Å². The van der Waals surface area contributed by atoms with Crippen LogP contribution < -0.4 is 4.74 Å². The fraction of sp³-hybridized carbons (Fsp3) is 0.231. The van der Waals surface area contributed by atoms with Crippen molar-refractivity contribution in [2.24, 2.45) is 0 Å². The highest BCUT2D eigenvalue weighted by molar-refractivity contribution is 7.09. The number of aromatic nitrogens is 1. The Morgan fingerprint density at radius 3 is 2.61 bits per heavy atom. The molecule has 0 amide bonds. The molecule has 0 radical (unpaired) electrons. The Bertz CT molecular complexity index is 533. The molecule has 1 aromatic heterocycles. The first-order valence-electron chi connectivity index (χ1n) is 5.41. The van der Waals surface area contributed by atoms with Gasteiger partial charge in [0.15, 0.2) is 5.69 Å². The molecule has 4 nitrogen and oxygen atoms in total. The summed E-state index contributed by atoms with van der Waals surface area (Å²) in [6.45, 7) is 2.09. The molecule has 0 fully saturated rings. The predicted octanol–water partition coefficient (Wildman–Crippen LogP) is 2.82.